The summed E-state index contributed by atoms with van der Waals surface area (Å²) in [7, 11) is -4.70. The highest BCUT2D eigenvalue weighted by molar-refractivity contribution is 7.91. The van der Waals surface area contributed by atoms with E-state index in [1.165, 1.54) is 23.3 Å². The number of carbonyl (C=O) groups excluding carboxylic acids is 2. The third-order valence-electron chi connectivity index (χ3n) is 5.78. The third-order valence-corrected chi connectivity index (χ3v) is 7.18. The molecule has 2 aliphatic rings. The zero-order valence-electron chi connectivity index (χ0n) is 16.2. The van der Waals surface area contributed by atoms with Crippen LogP contribution in [0.5, 0.6) is 0 Å². The number of carbonyl (C=O) groups is 2. The van der Waals surface area contributed by atoms with E-state index in [0.717, 1.165) is 36.3 Å². The smallest absolute Gasteiger partial charge is 0.319 e. The van der Waals surface area contributed by atoms with Gasteiger partial charge in [0.25, 0.3) is 5.91 Å². The van der Waals surface area contributed by atoms with Gasteiger partial charge < -0.3 is 5.32 Å². The lowest BCUT2D eigenvalue weighted by Crippen LogP contribution is -2.40. The van der Waals surface area contributed by atoms with E-state index in [9.17, 15) is 26.8 Å². The Morgan fingerprint density at radius 3 is 2.40 bits per heavy atom. The Labute approximate surface area is 172 Å². The molecule has 6 nitrogen and oxygen atoms in total. The molecule has 158 valence electrons. The Morgan fingerprint density at radius 2 is 1.73 bits per heavy atom. The van der Waals surface area contributed by atoms with Crippen LogP contribution < -0.4 is 5.32 Å². The quantitative estimate of drug-likeness (QED) is 0.733. The predicted octanol–water partition coefficient (Wildman–Crippen LogP) is 3.14. The average Bonchev–Trinajstić information content (AvgIpc) is 3.26. The van der Waals surface area contributed by atoms with Gasteiger partial charge in [0.15, 0.2) is 0 Å². The number of nitrogens with zero attached hydrogens (tertiary/aromatic N) is 1. The second-order valence-corrected chi connectivity index (χ2v) is 9.65. The second-order valence-electron chi connectivity index (χ2n) is 7.73. The van der Waals surface area contributed by atoms with E-state index in [2.05, 4.69) is 5.32 Å². The van der Waals surface area contributed by atoms with Crippen LogP contribution in [-0.2, 0) is 39.6 Å². The summed E-state index contributed by atoms with van der Waals surface area (Å²) in [6, 6.07) is 10.00. The van der Waals surface area contributed by atoms with Crippen LogP contribution in [0.3, 0.4) is 0 Å². The second kappa shape index (κ2) is 7.16. The zero-order chi connectivity index (χ0) is 21.7. The van der Waals surface area contributed by atoms with Gasteiger partial charge in [0.2, 0.25) is 9.84 Å². The number of imide groups is 1. The molecule has 1 aliphatic heterocycles. The van der Waals surface area contributed by atoms with Gasteiger partial charge >= 0.3 is 11.8 Å². The first-order valence-electron chi connectivity index (χ1n) is 9.50. The van der Waals surface area contributed by atoms with Gasteiger partial charge in [-0.3, -0.25) is 9.69 Å². The highest BCUT2D eigenvalue weighted by atomic mass is 32.2. The van der Waals surface area contributed by atoms with E-state index in [4.69, 9.17) is 0 Å². The molecule has 1 aliphatic carbocycles. The number of fused-ring (bicyclic) bond motifs is 1. The summed E-state index contributed by atoms with van der Waals surface area (Å²) in [5, 5.41) is 2.75. The Hall–Kier alpha value is -2.81. The molecule has 1 fully saturated rings. The van der Waals surface area contributed by atoms with Crippen LogP contribution in [0.15, 0.2) is 47.4 Å². The third kappa shape index (κ3) is 3.27. The van der Waals surface area contributed by atoms with Gasteiger partial charge in [0, 0.05) is 0 Å². The molecule has 0 bridgehead atoms. The molecule has 0 spiro atoms. The Balaban J connectivity index is 1.56. The van der Waals surface area contributed by atoms with Gasteiger partial charge in [-0.2, -0.15) is 8.78 Å². The molecule has 30 heavy (non-hydrogen) atoms. The predicted molar refractivity (Wildman–Crippen MR) is 105 cm³/mol. The first-order chi connectivity index (χ1) is 14.1. The van der Waals surface area contributed by atoms with Crippen molar-refractivity contribution in [3.05, 3.63) is 64.7 Å². The minimum absolute atomic E-state index is 0.0970. The van der Waals surface area contributed by atoms with Gasteiger partial charge in [0.05, 0.1) is 11.4 Å². The van der Waals surface area contributed by atoms with E-state index in [0.29, 0.717) is 11.1 Å². The number of hydrogen-bond acceptors (Lipinski definition) is 4. The molecular formula is C21H20F2N2O4S. The molecule has 1 unspecified atom stereocenters. The molecule has 0 radical (unpaired) electrons. The fourth-order valence-electron chi connectivity index (χ4n) is 3.99. The summed E-state index contributed by atoms with van der Waals surface area (Å²) in [4.78, 5) is 26.2. The van der Waals surface area contributed by atoms with Gasteiger partial charge in [0.1, 0.15) is 5.54 Å². The molecule has 2 aromatic carbocycles. The van der Waals surface area contributed by atoms with Crippen molar-refractivity contribution in [3.8, 4) is 0 Å². The maximum Gasteiger partial charge on any atom is 0.341 e. The Morgan fingerprint density at radius 1 is 1.07 bits per heavy atom. The molecule has 0 saturated carbocycles. The lowest BCUT2D eigenvalue weighted by molar-refractivity contribution is -0.131. The minimum Gasteiger partial charge on any atom is -0.319 e. The number of sulfone groups is 1. The summed E-state index contributed by atoms with van der Waals surface area (Å²) >= 11 is 0. The standard InChI is InChI=1S/C21H20F2N2O4S/c1-21(16-8-7-14-3-2-4-15(14)11-16)18(26)25(20(27)24-21)12-13-5-9-17(10-6-13)30(28,29)19(22)23/h5-11,19H,2-4,12H2,1H3,(H,24,27). The number of aryl methyl sites for hydroxylation is 2. The molecule has 4 rings (SSSR count). The largest absolute Gasteiger partial charge is 0.341 e. The lowest BCUT2D eigenvalue weighted by atomic mass is 9.89. The van der Waals surface area contributed by atoms with E-state index in [-0.39, 0.29) is 6.54 Å². The highest BCUT2D eigenvalue weighted by Crippen LogP contribution is 2.33. The number of rotatable bonds is 5. The van der Waals surface area contributed by atoms with Crippen molar-refractivity contribution >= 4 is 21.8 Å². The number of halogens is 2. The number of amides is 3. The van der Waals surface area contributed by atoms with Crippen molar-refractivity contribution in [2.75, 3.05) is 0 Å². The minimum atomic E-state index is -4.70. The summed E-state index contributed by atoms with van der Waals surface area (Å²) in [6.07, 6.45) is 3.02. The van der Waals surface area contributed by atoms with Gasteiger partial charge in [-0.05, 0) is 60.6 Å². The van der Waals surface area contributed by atoms with Crippen molar-refractivity contribution < 1.29 is 26.8 Å². The maximum atomic E-state index is 13.1. The lowest BCUT2D eigenvalue weighted by Gasteiger charge is -2.23. The highest BCUT2D eigenvalue weighted by Gasteiger charge is 2.49. The number of benzene rings is 2. The number of hydrogen-bond donors (Lipinski definition) is 1. The van der Waals surface area contributed by atoms with Crippen LogP contribution in [0.2, 0.25) is 0 Å². The van der Waals surface area contributed by atoms with Crippen LogP contribution in [-0.4, -0.2) is 31.0 Å². The number of urea groups is 1. The zero-order valence-corrected chi connectivity index (χ0v) is 17.0. The van der Waals surface area contributed by atoms with Crippen molar-refractivity contribution in [2.45, 2.75) is 48.9 Å². The number of alkyl halides is 2. The first kappa shape index (κ1) is 20.5. The SMILES string of the molecule is CC1(c2ccc3c(c2)CCC3)NC(=O)N(Cc2ccc(S(=O)(=O)C(F)F)cc2)C1=O. The summed E-state index contributed by atoms with van der Waals surface area (Å²) < 4.78 is 48.4. The molecule has 1 atom stereocenters. The molecule has 0 aromatic heterocycles. The summed E-state index contributed by atoms with van der Waals surface area (Å²) in [6.45, 7) is 1.56. The summed E-state index contributed by atoms with van der Waals surface area (Å²) in [5.74, 6) is -3.93. The van der Waals surface area contributed by atoms with Crippen LogP contribution >= 0.6 is 0 Å². The van der Waals surface area contributed by atoms with Gasteiger partial charge in [-0.25, -0.2) is 13.2 Å². The monoisotopic (exact) mass is 434 g/mol. The van der Waals surface area contributed by atoms with E-state index in [1.807, 2.05) is 18.2 Å². The Bertz CT molecular complexity index is 1130. The molecule has 1 N–H and O–H groups in total. The van der Waals surface area contributed by atoms with Crippen LogP contribution in [0, 0.1) is 0 Å². The van der Waals surface area contributed by atoms with Gasteiger partial charge in [-0.15, -0.1) is 0 Å². The molecule has 1 heterocycles. The maximum absolute atomic E-state index is 13.1. The van der Waals surface area contributed by atoms with Crippen LogP contribution in [0.1, 0.15) is 35.6 Å². The van der Waals surface area contributed by atoms with Crippen LogP contribution in [0.25, 0.3) is 0 Å². The topological polar surface area (TPSA) is 83.6 Å². The average molecular weight is 434 g/mol. The normalized spacial score (nSPS) is 21.3. The van der Waals surface area contributed by atoms with Crippen molar-refractivity contribution in [3.63, 3.8) is 0 Å². The first-order valence-corrected chi connectivity index (χ1v) is 11.0. The van der Waals surface area contributed by atoms with Crippen molar-refractivity contribution in [2.24, 2.45) is 0 Å². The molecule has 2 aromatic rings. The van der Waals surface area contributed by atoms with Gasteiger partial charge in [-0.1, -0.05) is 30.3 Å². The van der Waals surface area contributed by atoms with Crippen LogP contribution in [0.4, 0.5) is 13.6 Å². The van der Waals surface area contributed by atoms with E-state index < -0.39 is 38.0 Å². The fourth-order valence-corrected chi connectivity index (χ4v) is 4.71. The fraction of sp³-hybridized carbons (Fsp3) is 0.333. The molecular weight excluding hydrogens is 414 g/mol. The summed E-state index contributed by atoms with van der Waals surface area (Å²) in [5.41, 5.74) is 2.40. The number of nitrogens with one attached hydrogen (secondary N) is 1. The van der Waals surface area contributed by atoms with E-state index >= 15 is 0 Å². The molecule has 3 amide bonds. The van der Waals surface area contributed by atoms with Crippen molar-refractivity contribution in [1.82, 2.24) is 10.2 Å². The van der Waals surface area contributed by atoms with Crippen molar-refractivity contribution in [1.29, 1.82) is 0 Å². The molecule has 9 heteroatoms. The Kier molecular flexibility index (Phi) is 4.88. The molecule has 1 saturated heterocycles. The van der Waals surface area contributed by atoms with E-state index in [1.54, 1.807) is 6.92 Å².